The zero-order valence-corrected chi connectivity index (χ0v) is 9.12. The van der Waals surface area contributed by atoms with Gasteiger partial charge < -0.3 is 14.2 Å². The lowest BCUT2D eigenvalue weighted by atomic mass is 10.1. The van der Waals surface area contributed by atoms with Gasteiger partial charge in [0.05, 0.1) is 18.6 Å². The van der Waals surface area contributed by atoms with Crippen LogP contribution in [0, 0.1) is 0 Å². The van der Waals surface area contributed by atoms with Crippen LogP contribution in [0.4, 0.5) is 0 Å². The van der Waals surface area contributed by atoms with E-state index in [1.54, 1.807) is 12.5 Å². The Balaban J connectivity index is 2.32. The number of hydrogen-bond acceptors (Lipinski definition) is 3. The van der Waals surface area contributed by atoms with E-state index in [-0.39, 0.29) is 6.04 Å². The topological polar surface area (TPSA) is 38.3 Å². The van der Waals surface area contributed by atoms with Crippen LogP contribution in [-0.4, -0.2) is 6.54 Å². The van der Waals surface area contributed by atoms with Crippen molar-refractivity contribution in [2.24, 2.45) is 0 Å². The van der Waals surface area contributed by atoms with Crippen molar-refractivity contribution >= 4 is 11.6 Å². The summed E-state index contributed by atoms with van der Waals surface area (Å²) >= 11 is 5.94. The molecule has 15 heavy (non-hydrogen) atoms. The lowest BCUT2D eigenvalue weighted by molar-refractivity contribution is 0.449. The van der Waals surface area contributed by atoms with E-state index in [9.17, 15) is 0 Å². The normalized spacial score (nSPS) is 12.9. The summed E-state index contributed by atoms with van der Waals surface area (Å²) in [5, 5.41) is 3.69. The second-order valence-electron chi connectivity index (χ2n) is 3.16. The lowest BCUT2D eigenvalue weighted by Gasteiger charge is -2.13. The zero-order chi connectivity index (χ0) is 10.7. The highest BCUT2D eigenvalue weighted by molar-refractivity contribution is 6.29. The number of furan rings is 2. The smallest absolute Gasteiger partial charge is 0.198 e. The van der Waals surface area contributed by atoms with Gasteiger partial charge in [-0.25, -0.2) is 0 Å². The van der Waals surface area contributed by atoms with Gasteiger partial charge in [0, 0.05) is 5.56 Å². The molecule has 0 aliphatic heterocycles. The molecule has 1 unspecified atom stereocenters. The van der Waals surface area contributed by atoms with Crippen LogP contribution < -0.4 is 5.32 Å². The van der Waals surface area contributed by atoms with E-state index in [1.807, 2.05) is 25.1 Å². The molecule has 0 radical (unpaired) electrons. The molecule has 0 aliphatic rings. The van der Waals surface area contributed by atoms with Crippen LogP contribution >= 0.6 is 11.6 Å². The fourth-order valence-electron chi connectivity index (χ4n) is 1.53. The van der Waals surface area contributed by atoms with Crippen LogP contribution in [0.1, 0.15) is 24.3 Å². The van der Waals surface area contributed by atoms with Crippen molar-refractivity contribution < 1.29 is 8.83 Å². The SMILES string of the molecule is CCNC(c1ccco1)c1ccoc1Cl. The number of halogens is 1. The highest BCUT2D eigenvalue weighted by Crippen LogP contribution is 2.29. The predicted molar refractivity (Wildman–Crippen MR) is 57.9 cm³/mol. The van der Waals surface area contributed by atoms with Gasteiger partial charge in [-0.2, -0.15) is 0 Å². The Kier molecular flexibility index (Phi) is 3.14. The van der Waals surface area contributed by atoms with Crippen LogP contribution in [0.2, 0.25) is 5.22 Å². The van der Waals surface area contributed by atoms with Crippen molar-refractivity contribution in [3.63, 3.8) is 0 Å². The summed E-state index contributed by atoms with van der Waals surface area (Å²) in [5.41, 5.74) is 0.897. The van der Waals surface area contributed by atoms with Gasteiger partial charge in [-0.15, -0.1) is 0 Å². The number of hydrogen-bond donors (Lipinski definition) is 1. The van der Waals surface area contributed by atoms with E-state index in [1.165, 1.54) is 0 Å². The molecule has 0 saturated heterocycles. The number of nitrogens with one attached hydrogen (secondary N) is 1. The molecule has 0 aliphatic carbocycles. The highest BCUT2D eigenvalue weighted by Gasteiger charge is 2.20. The van der Waals surface area contributed by atoms with Gasteiger partial charge in [-0.1, -0.05) is 6.92 Å². The van der Waals surface area contributed by atoms with Gasteiger partial charge in [0.2, 0.25) is 0 Å². The van der Waals surface area contributed by atoms with E-state index in [4.69, 9.17) is 20.4 Å². The second-order valence-corrected chi connectivity index (χ2v) is 3.50. The van der Waals surface area contributed by atoms with Gasteiger partial charge >= 0.3 is 0 Å². The third kappa shape index (κ3) is 2.08. The molecule has 2 heterocycles. The average molecular weight is 226 g/mol. The molecule has 1 atom stereocenters. The first-order valence-corrected chi connectivity index (χ1v) is 5.20. The first kappa shape index (κ1) is 10.3. The van der Waals surface area contributed by atoms with Crippen molar-refractivity contribution in [1.29, 1.82) is 0 Å². The zero-order valence-electron chi connectivity index (χ0n) is 8.37. The predicted octanol–water partition coefficient (Wildman–Crippen LogP) is 3.22. The molecule has 0 bridgehead atoms. The summed E-state index contributed by atoms with van der Waals surface area (Å²) in [4.78, 5) is 0. The largest absolute Gasteiger partial charge is 0.467 e. The number of rotatable bonds is 4. The van der Waals surface area contributed by atoms with Crippen molar-refractivity contribution in [3.8, 4) is 0 Å². The maximum atomic E-state index is 5.94. The molecule has 2 aromatic rings. The third-order valence-electron chi connectivity index (χ3n) is 2.19. The molecular formula is C11H12ClNO2. The van der Waals surface area contributed by atoms with Gasteiger partial charge in [0.25, 0.3) is 0 Å². The van der Waals surface area contributed by atoms with E-state index in [0.29, 0.717) is 5.22 Å². The van der Waals surface area contributed by atoms with Crippen LogP contribution in [0.25, 0.3) is 0 Å². The molecule has 0 spiro atoms. The van der Waals surface area contributed by atoms with Gasteiger partial charge in [-0.05, 0) is 36.3 Å². The first-order chi connectivity index (χ1) is 7.33. The molecule has 0 saturated carbocycles. The molecular weight excluding hydrogens is 214 g/mol. The summed E-state index contributed by atoms with van der Waals surface area (Å²) in [5.74, 6) is 0.833. The fourth-order valence-corrected chi connectivity index (χ4v) is 1.76. The van der Waals surface area contributed by atoms with E-state index < -0.39 is 0 Å². The van der Waals surface area contributed by atoms with Crippen LogP contribution in [-0.2, 0) is 0 Å². The quantitative estimate of drug-likeness (QED) is 0.868. The standard InChI is InChI=1S/C11H12ClNO2/c1-2-13-10(9-4-3-6-14-9)8-5-7-15-11(8)12/h3-7,10,13H,2H2,1H3. The molecule has 80 valence electrons. The lowest BCUT2D eigenvalue weighted by Crippen LogP contribution is -2.21. The summed E-state index contributed by atoms with van der Waals surface area (Å²) < 4.78 is 10.4. The Hall–Kier alpha value is -1.19. The molecule has 3 nitrogen and oxygen atoms in total. The van der Waals surface area contributed by atoms with Crippen LogP contribution in [0.15, 0.2) is 39.6 Å². The summed E-state index contributed by atoms with van der Waals surface area (Å²) in [7, 11) is 0. The highest BCUT2D eigenvalue weighted by atomic mass is 35.5. The van der Waals surface area contributed by atoms with Crippen molar-refractivity contribution in [3.05, 3.63) is 47.3 Å². The van der Waals surface area contributed by atoms with Crippen molar-refractivity contribution in [1.82, 2.24) is 5.32 Å². The third-order valence-corrected chi connectivity index (χ3v) is 2.50. The second kappa shape index (κ2) is 4.55. The molecule has 0 fully saturated rings. The van der Waals surface area contributed by atoms with Crippen LogP contribution in [0.5, 0.6) is 0 Å². The van der Waals surface area contributed by atoms with E-state index in [0.717, 1.165) is 17.9 Å². The van der Waals surface area contributed by atoms with E-state index in [2.05, 4.69) is 5.32 Å². The van der Waals surface area contributed by atoms with E-state index >= 15 is 0 Å². The molecule has 1 N–H and O–H groups in total. The monoisotopic (exact) mass is 225 g/mol. The molecule has 4 heteroatoms. The first-order valence-electron chi connectivity index (χ1n) is 4.82. The Bertz CT molecular complexity index is 408. The van der Waals surface area contributed by atoms with Gasteiger partial charge in [0.1, 0.15) is 5.76 Å². The molecule has 0 aromatic carbocycles. The van der Waals surface area contributed by atoms with Crippen molar-refractivity contribution in [2.45, 2.75) is 13.0 Å². The minimum atomic E-state index is -0.0451. The Labute approximate surface area is 93.0 Å². The van der Waals surface area contributed by atoms with Crippen LogP contribution in [0.3, 0.4) is 0 Å². The molecule has 2 rings (SSSR count). The maximum absolute atomic E-state index is 5.94. The maximum Gasteiger partial charge on any atom is 0.198 e. The molecule has 0 amide bonds. The summed E-state index contributed by atoms with van der Waals surface area (Å²) in [6, 6.07) is 5.57. The Morgan fingerprint density at radius 1 is 1.33 bits per heavy atom. The minimum absolute atomic E-state index is 0.0451. The minimum Gasteiger partial charge on any atom is -0.467 e. The van der Waals surface area contributed by atoms with Gasteiger partial charge in [0.15, 0.2) is 5.22 Å². The Morgan fingerprint density at radius 2 is 2.20 bits per heavy atom. The van der Waals surface area contributed by atoms with Crippen molar-refractivity contribution in [2.75, 3.05) is 6.54 Å². The summed E-state index contributed by atoms with van der Waals surface area (Å²) in [6.07, 6.45) is 3.22. The average Bonchev–Trinajstić information content (AvgIpc) is 2.85. The summed E-state index contributed by atoms with van der Waals surface area (Å²) in [6.45, 7) is 2.86. The Morgan fingerprint density at radius 3 is 2.73 bits per heavy atom. The van der Waals surface area contributed by atoms with Gasteiger partial charge in [-0.3, -0.25) is 0 Å². The molecule has 2 aromatic heterocycles. The fraction of sp³-hybridized carbons (Fsp3) is 0.273.